The molecule has 6 heteroatoms. The first-order valence-corrected chi connectivity index (χ1v) is 9.04. The van der Waals surface area contributed by atoms with Gasteiger partial charge >= 0.3 is 5.97 Å². The second-order valence-corrected chi connectivity index (χ2v) is 7.18. The zero-order chi connectivity index (χ0) is 16.4. The maximum atomic E-state index is 12.0. The van der Waals surface area contributed by atoms with E-state index >= 15 is 0 Å². The lowest BCUT2D eigenvalue weighted by Crippen LogP contribution is -2.19. The van der Waals surface area contributed by atoms with Gasteiger partial charge in [0.25, 0.3) is 0 Å². The zero-order valence-electron chi connectivity index (χ0n) is 13.9. The van der Waals surface area contributed by atoms with Crippen LogP contribution in [0.1, 0.15) is 59.6 Å². The molecule has 0 bridgehead atoms. The average molecular weight is 333 g/mol. The van der Waals surface area contributed by atoms with Crippen LogP contribution in [0.5, 0.6) is 0 Å². The molecular formula is C17H23N3O2S. The number of hydrogen-bond acceptors (Lipinski definition) is 6. The highest BCUT2D eigenvalue weighted by Gasteiger charge is 2.22. The van der Waals surface area contributed by atoms with Gasteiger partial charge < -0.3 is 10.1 Å². The highest BCUT2D eigenvalue weighted by molar-refractivity contribution is 7.20. The summed E-state index contributed by atoms with van der Waals surface area (Å²) < 4.78 is 4.89. The van der Waals surface area contributed by atoms with Gasteiger partial charge in [0, 0.05) is 6.04 Å². The van der Waals surface area contributed by atoms with E-state index in [-0.39, 0.29) is 5.97 Å². The molecule has 0 aliphatic heterocycles. The molecule has 0 atom stereocenters. The molecule has 3 rings (SSSR count). The molecule has 2 heterocycles. The fourth-order valence-electron chi connectivity index (χ4n) is 3.25. The van der Waals surface area contributed by atoms with Crippen LogP contribution in [0.4, 0.5) is 5.82 Å². The van der Waals surface area contributed by atoms with Crippen LogP contribution in [0.3, 0.4) is 0 Å². The summed E-state index contributed by atoms with van der Waals surface area (Å²) in [6.07, 6.45) is 7.53. The number of ether oxygens (including phenoxy) is 1. The third-order valence-corrected chi connectivity index (χ3v) is 5.63. The lowest BCUT2D eigenvalue weighted by molar-refractivity contribution is 0.0605. The third-order valence-electron chi connectivity index (χ3n) is 4.47. The van der Waals surface area contributed by atoms with E-state index in [9.17, 15) is 4.79 Å². The Labute approximate surface area is 140 Å². The third kappa shape index (κ3) is 3.32. The quantitative estimate of drug-likeness (QED) is 0.672. The van der Waals surface area contributed by atoms with E-state index in [1.54, 1.807) is 0 Å². The summed E-state index contributed by atoms with van der Waals surface area (Å²) in [6.45, 7) is 3.84. The molecule has 5 nitrogen and oxygen atoms in total. The smallest absolute Gasteiger partial charge is 0.348 e. The first-order valence-electron chi connectivity index (χ1n) is 8.22. The molecule has 0 amide bonds. The molecule has 1 saturated carbocycles. The summed E-state index contributed by atoms with van der Waals surface area (Å²) in [6, 6.07) is 0.455. The first-order chi connectivity index (χ1) is 11.1. The average Bonchev–Trinajstić information content (AvgIpc) is 2.71. The summed E-state index contributed by atoms with van der Waals surface area (Å²) in [4.78, 5) is 22.5. The molecule has 1 fully saturated rings. The molecule has 23 heavy (non-hydrogen) atoms. The number of aromatic nitrogens is 2. The van der Waals surface area contributed by atoms with Crippen molar-refractivity contribution in [1.29, 1.82) is 0 Å². The molecule has 1 N–H and O–H groups in total. The topological polar surface area (TPSA) is 64.1 Å². The molecule has 0 unspecified atom stereocenters. The van der Waals surface area contributed by atoms with Crippen molar-refractivity contribution in [3.63, 3.8) is 0 Å². The summed E-state index contributed by atoms with van der Waals surface area (Å²) >= 11 is 1.39. The van der Waals surface area contributed by atoms with E-state index in [1.807, 2.05) is 13.8 Å². The number of esters is 1. The second-order valence-electron chi connectivity index (χ2n) is 6.18. The van der Waals surface area contributed by atoms with Crippen molar-refractivity contribution in [3.05, 3.63) is 16.3 Å². The molecular weight excluding hydrogens is 310 g/mol. The summed E-state index contributed by atoms with van der Waals surface area (Å²) in [5.74, 6) is 1.29. The number of carbonyl (C=O) groups is 1. The largest absolute Gasteiger partial charge is 0.465 e. The molecule has 124 valence electrons. The van der Waals surface area contributed by atoms with Crippen molar-refractivity contribution in [2.75, 3.05) is 12.4 Å². The molecule has 2 aromatic rings. The minimum absolute atomic E-state index is 0.302. The van der Waals surface area contributed by atoms with Gasteiger partial charge in [-0.05, 0) is 32.3 Å². The molecule has 0 spiro atoms. The van der Waals surface area contributed by atoms with Gasteiger partial charge in [-0.2, -0.15) is 0 Å². The lowest BCUT2D eigenvalue weighted by Gasteiger charge is -2.18. The Morgan fingerprint density at radius 3 is 2.52 bits per heavy atom. The fraction of sp³-hybridized carbons (Fsp3) is 0.588. The van der Waals surface area contributed by atoms with Gasteiger partial charge in [0.15, 0.2) is 0 Å². The Bertz CT molecular complexity index is 718. The van der Waals surface area contributed by atoms with Gasteiger partial charge in [-0.1, -0.05) is 25.7 Å². The van der Waals surface area contributed by atoms with Gasteiger partial charge in [-0.15, -0.1) is 11.3 Å². The van der Waals surface area contributed by atoms with Crippen LogP contribution >= 0.6 is 11.3 Å². The molecule has 1 aliphatic rings. The number of nitrogens with one attached hydrogen (secondary N) is 1. The number of carbonyl (C=O) groups excluding carboxylic acids is 1. The maximum Gasteiger partial charge on any atom is 0.348 e. The Morgan fingerprint density at radius 1 is 1.17 bits per heavy atom. The van der Waals surface area contributed by atoms with E-state index in [0.717, 1.165) is 27.4 Å². The van der Waals surface area contributed by atoms with Gasteiger partial charge in [0.1, 0.15) is 21.3 Å². The number of nitrogens with zero attached hydrogens (tertiary/aromatic N) is 2. The SMILES string of the molecule is COC(=O)c1sc2nc(C)nc(NC3CCCCCC3)c2c1C. The van der Waals surface area contributed by atoms with Crippen LogP contribution in [0.25, 0.3) is 10.2 Å². The van der Waals surface area contributed by atoms with Crippen molar-refractivity contribution in [2.45, 2.75) is 58.4 Å². The van der Waals surface area contributed by atoms with E-state index in [4.69, 9.17) is 4.74 Å². The standard InChI is InChI=1S/C17H23N3O2S/c1-10-13-15(20-12-8-6-4-5-7-9-12)18-11(2)19-16(13)23-14(10)17(21)22-3/h12H,4-9H2,1-3H3,(H,18,19,20). The van der Waals surface area contributed by atoms with Gasteiger partial charge in [-0.3, -0.25) is 0 Å². The van der Waals surface area contributed by atoms with Crippen molar-refractivity contribution < 1.29 is 9.53 Å². The maximum absolute atomic E-state index is 12.0. The summed E-state index contributed by atoms with van der Waals surface area (Å²) in [5, 5.41) is 4.58. The summed E-state index contributed by atoms with van der Waals surface area (Å²) in [7, 11) is 1.41. The number of fused-ring (bicyclic) bond motifs is 1. The Morgan fingerprint density at radius 2 is 1.87 bits per heavy atom. The van der Waals surface area contributed by atoms with E-state index in [0.29, 0.717) is 10.9 Å². The summed E-state index contributed by atoms with van der Waals surface area (Å²) in [5.41, 5.74) is 0.910. The van der Waals surface area contributed by atoms with E-state index < -0.39 is 0 Å². The first kappa shape index (κ1) is 16.2. The number of thiophene rings is 1. The number of hydrogen-bond donors (Lipinski definition) is 1. The number of aryl methyl sites for hydroxylation is 2. The fourth-order valence-corrected chi connectivity index (χ4v) is 4.40. The Kier molecular flexibility index (Phi) is 4.80. The van der Waals surface area contributed by atoms with Crippen LogP contribution in [0.2, 0.25) is 0 Å². The van der Waals surface area contributed by atoms with Crippen molar-refractivity contribution in [1.82, 2.24) is 9.97 Å². The minimum atomic E-state index is -0.302. The molecule has 0 saturated heterocycles. The van der Waals surface area contributed by atoms with Crippen LogP contribution in [0, 0.1) is 13.8 Å². The molecule has 0 aromatic carbocycles. The van der Waals surface area contributed by atoms with Crippen molar-refractivity contribution in [3.8, 4) is 0 Å². The number of methoxy groups -OCH3 is 1. The predicted octanol–water partition coefficient (Wildman–Crippen LogP) is 4.23. The molecule has 0 radical (unpaired) electrons. The Hall–Kier alpha value is -1.69. The van der Waals surface area contributed by atoms with Crippen LogP contribution in [-0.2, 0) is 4.74 Å². The highest BCUT2D eigenvalue weighted by Crippen LogP contribution is 2.35. The van der Waals surface area contributed by atoms with E-state index in [1.165, 1.54) is 57.0 Å². The van der Waals surface area contributed by atoms with E-state index in [2.05, 4.69) is 15.3 Å². The highest BCUT2D eigenvalue weighted by atomic mass is 32.1. The second kappa shape index (κ2) is 6.83. The molecule has 1 aliphatic carbocycles. The van der Waals surface area contributed by atoms with Gasteiger partial charge in [0.2, 0.25) is 0 Å². The lowest BCUT2D eigenvalue weighted by atomic mass is 10.1. The minimum Gasteiger partial charge on any atom is -0.465 e. The van der Waals surface area contributed by atoms with Gasteiger partial charge in [0.05, 0.1) is 12.5 Å². The monoisotopic (exact) mass is 333 g/mol. The van der Waals surface area contributed by atoms with Crippen LogP contribution in [-0.4, -0.2) is 29.1 Å². The normalized spacial score (nSPS) is 16.3. The zero-order valence-corrected chi connectivity index (χ0v) is 14.8. The van der Waals surface area contributed by atoms with Crippen molar-refractivity contribution >= 4 is 33.3 Å². The molecule has 2 aromatic heterocycles. The Balaban J connectivity index is 2.01. The number of rotatable bonds is 3. The van der Waals surface area contributed by atoms with Crippen molar-refractivity contribution in [2.24, 2.45) is 0 Å². The predicted molar refractivity (Wildman–Crippen MR) is 93.3 cm³/mol. The van der Waals surface area contributed by atoms with Crippen LogP contribution < -0.4 is 5.32 Å². The van der Waals surface area contributed by atoms with Crippen LogP contribution in [0.15, 0.2) is 0 Å². The number of anilines is 1. The van der Waals surface area contributed by atoms with Gasteiger partial charge in [-0.25, -0.2) is 14.8 Å².